The van der Waals surface area contributed by atoms with Crippen LogP contribution in [0.5, 0.6) is 0 Å². The Morgan fingerprint density at radius 1 is 0.926 bits per heavy atom. The van der Waals surface area contributed by atoms with Gasteiger partial charge >= 0.3 is 6.18 Å². The standard InChI is InChI=1S/C18H29F3N2O4/c1-16(2,3)12-9-26-22(14(12)24)8-6-7-17(4,5)13-10-27-23(15(13)25)11-18(19,20)21/h12-13H,6-11H2,1-5H3/t12?,13-/m1/s1. The van der Waals surface area contributed by atoms with Gasteiger partial charge in [-0.25, -0.2) is 10.1 Å². The van der Waals surface area contributed by atoms with Crippen molar-refractivity contribution in [3.63, 3.8) is 0 Å². The lowest BCUT2D eigenvalue weighted by Gasteiger charge is -2.30. The highest BCUT2D eigenvalue weighted by Gasteiger charge is 2.47. The molecule has 0 bridgehead atoms. The smallest absolute Gasteiger partial charge is 0.272 e. The Morgan fingerprint density at radius 2 is 1.44 bits per heavy atom. The van der Waals surface area contributed by atoms with Gasteiger partial charge in [0.15, 0.2) is 0 Å². The van der Waals surface area contributed by atoms with Crippen LogP contribution in [-0.4, -0.2) is 54.4 Å². The summed E-state index contributed by atoms with van der Waals surface area (Å²) in [6, 6.07) is 0. The summed E-state index contributed by atoms with van der Waals surface area (Å²) in [6.07, 6.45) is -3.36. The fraction of sp³-hybridized carbons (Fsp3) is 0.889. The maximum absolute atomic E-state index is 12.5. The summed E-state index contributed by atoms with van der Waals surface area (Å²) in [5.41, 5.74) is -0.732. The Labute approximate surface area is 157 Å². The third kappa shape index (κ3) is 5.34. The zero-order valence-electron chi connectivity index (χ0n) is 16.6. The molecular formula is C18H29F3N2O4. The van der Waals surface area contributed by atoms with E-state index in [1.54, 1.807) is 0 Å². The molecule has 9 heteroatoms. The van der Waals surface area contributed by atoms with E-state index < -0.39 is 30.0 Å². The minimum absolute atomic E-state index is 0.0445. The van der Waals surface area contributed by atoms with Gasteiger partial charge in [0, 0.05) is 6.54 Å². The summed E-state index contributed by atoms with van der Waals surface area (Å²) in [5.74, 6) is -1.51. The van der Waals surface area contributed by atoms with Crippen molar-refractivity contribution in [2.45, 2.75) is 53.6 Å². The minimum atomic E-state index is -4.49. The predicted molar refractivity (Wildman–Crippen MR) is 90.8 cm³/mol. The molecule has 0 aromatic carbocycles. The van der Waals surface area contributed by atoms with Crippen molar-refractivity contribution in [1.29, 1.82) is 0 Å². The normalized spacial score (nSPS) is 25.0. The van der Waals surface area contributed by atoms with Crippen LogP contribution in [-0.2, 0) is 19.3 Å². The third-order valence-corrected chi connectivity index (χ3v) is 5.38. The SMILES string of the molecule is CC(C)(C)C1CON(CCCC(C)(C)[C@@H]2CON(CC(F)(F)F)C2=O)C1=O. The summed E-state index contributed by atoms with van der Waals surface area (Å²) in [5, 5.41) is 1.78. The fourth-order valence-electron chi connectivity index (χ4n) is 3.44. The number of nitrogens with zero attached hydrogens (tertiary/aromatic N) is 2. The summed E-state index contributed by atoms with van der Waals surface area (Å²) < 4.78 is 37.5. The van der Waals surface area contributed by atoms with E-state index >= 15 is 0 Å². The number of hydroxylamine groups is 4. The number of hydrogen-bond donors (Lipinski definition) is 0. The van der Waals surface area contributed by atoms with Crippen LogP contribution in [0.2, 0.25) is 0 Å². The Kier molecular flexibility index (Phi) is 6.16. The fourth-order valence-corrected chi connectivity index (χ4v) is 3.44. The van der Waals surface area contributed by atoms with Crippen LogP contribution in [0.3, 0.4) is 0 Å². The highest BCUT2D eigenvalue weighted by molar-refractivity contribution is 5.80. The highest BCUT2D eigenvalue weighted by atomic mass is 19.4. The van der Waals surface area contributed by atoms with Crippen LogP contribution in [0.15, 0.2) is 0 Å². The first-order chi connectivity index (χ1) is 12.2. The number of amides is 2. The molecule has 0 aliphatic carbocycles. The first-order valence-electron chi connectivity index (χ1n) is 9.18. The molecule has 2 rings (SSSR count). The number of hydrogen-bond acceptors (Lipinski definition) is 4. The average molecular weight is 394 g/mol. The third-order valence-electron chi connectivity index (χ3n) is 5.38. The Bertz CT molecular complexity index is 572. The average Bonchev–Trinajstić information content (AvgIpc) is 3.02. The highest BCUT2D eigenvalue weighted by Crippen LogP contribution is 2.38. The monoisotopic (exact) mass is 394 g/mol. The summed E-state index contributed by atoms with van der Waals surface area (Å²) in [6.45, 7) is 8.92. The Morgan fingerprint density at radius 3 is 1.96 bits per heavy atom. The van der Waals surface area contributed by atoms with Crippen LogP contribution in [0, 0.1) is 22.7 Å². The zero-order valence-corrected chi connectivity index (χ0v) is 16.6. The Hall–Kier alpha value is -1.35. The number of halogens is 3. The van der Waals surface area contributed by atoms with Crippen molar-refractivity contribution in [2.75, 3.05) is 26.3 Å². The van der Waals surface area contributed by atoms with Crippen LogP contribution < -0.4 is 0 Å². The largest absolute Gasteiger partial charge is 0.408 e. The first-order valence-corrected chi connectivity index (χ1v) is 9.18. The van der Waals surface area contributed by atoms with Gasteiger partial charge in [-0.05, 0) is 23.7 Å². The van der Waals surface area contributed by atoms with E-state index in [9.17, 15) is 22.8 Å². The maximum Gasteiger partial charge on any atom is 0.408 e. The molecule has 0 spiro atoms. The first kappa shape index (κ1) is 21.9. The van der Waals surface area contributed by atoms with Gasteiger partial charge in [0.25, 0.3) is 11.8 Å². The summed E-state index contributed by atoms with van der Waals surface area (Å²) in [7, 11) is 0. The lowest BCUT2D eigenvalue weighted by molar-refractivity contribution is -0.214. The van der Waals surface area contributed by atoms with Crippen LogP contribution in [0.4, 0.5) is 13.2 Å². The topological polar surface area (TPSA) is 59.1 Å². The molecule has 2 heterocycles. The maximum atomic E-state index is 12.5. The number of rotatable bonds is 6. The zero-order chi connectivity index (χ0) is 20.6. The van der Waals surface area contributed by atoms with Gasteiger partial charge in [-0.2, -0.15) is 13.2 Å². The van der Waals surface area contributed by atoms with Crippen molar-refractivity contribution in [3.8, 4) is 0 Å². The van der Waals surface area contributed by atoms with Gasteiger partial charge in [0.05, 0.1) is 25.0 Å². The molecule has 27 heavy (non-hydrogen) atoms. The number of carbonyl (C=O) groups excluding carboxylic acids is 2. The van der Waals surface area contributed by atoms with Crippen molar-refractivity contribution in [2.24, 2.45) is 22.7 Å². The van der Waals surface area contributed by atoms with Gasteiger partial charge in [-0.1, -0.05) is 34.6 Å². The molecule has 2 atom stereocenters. The molecule has 2 amide bonds. The Balaban J connectivity index is 1.85. The molecule has 0 saturated carbocycles. The molecule has 0 aromatic heterocycles. The molecule has 0 aromatic rings. The molecule has 156 valence electrons. The van der Waals surface area contributed by atoms with Crippen LogP contribution in [0.1, 0.15) is 47.5 Å². The van der Waals surface area contributed by atoms with E-state index in [1.165, 1.54) is 5.06 Å². The lowest BCUT2D eigenvalue weighted by atomic mass is 9.75. The molecule has 2 fully saturated rings. The van der Waals surface area contributed by atoms with Gasteiger partial charge in [0.1, 0.15) is 6.54 Å². The van der Waals surface area contributed by atoms with E-state index in [4.69, 9.17) is 9.68 Å². The van der Waals surface area contributed by atoms with Crippen molar-refractivity contribution >= 4 is 11.8 Å². The van der Waals surface area contributed by atoms with Gasteiger partial charge in [-0.3, -0.25) is 19.3 Å². The van der Waals surface area contributed by atoms with Gasteiger partial charge < -0.3 is 0 Å². The lowest BCUT2D eigenvalue weighted by Crippen LogP contribution is -2.39. The molecular weight excluding hydrogens is 365 g/mol. The molecule has 2 aliphatic rings. The second-order valence-electron chi connectivity index (χ2n) is 9.09. The van der Waals surface area contributed by atoms with E-state index in [0.29, 0.717) is 31.1 Å². The predicted octanol–water partition coefficient (Wildman–Crippen LogP) is 3.18. The molecule has 0 radical (unpaired) electrons. The number of alkyl halides is 3. The van der Waals surface area contributed by atoms with E-state index in [-0.39, 0.29) is 23.8 Å². The van der Waals surface area contributed by atoms with Crippen LogP contribution >= 0.6 is 0 Å². The van der Waals surface area contributed by atoms with Crippen LogP contribution in [0.25, 0.3) is 0 Å². The summed E-state index contributed by atoms with van der Waals surface area (Å²) in [4.78, 5) is 35.1. The van der Waals surface area contributed by atoms with Gasteiger partial charge in [0.2, 0.25) is 0 Å². The minimum Gasteiger partial charge on any atom is -0.272 e. The second kappa shape index (κ2) is 7.58. The van der Waals surface area contributed by atoms with E-state index in [0.717, 1.165) is 0 Å². The van der Waals surface area contributed by atoms with Crippen molar-refractivity contribution in [3.05, 3.63) is 0 Å². The van der Waals surface area contributed by atoms with Gasteiger partial charge in [-0.15, -0.1) is 0 Å². The quantitative estimate of drug-likeness (QED) is 0.694. The molecule has 2 saturated heterocycles. The van der Waals surface area contributed by atoms with Crippen molar-refractivity contribution < 1.29 is 32.4 Å². The van der Waals surface area contributed by atoms with E-state index in [2.05, 4.69) is 0 Å². The van der Waals surface area contributed by atoms with E-state index in [1.807, 2.05) is 34.6 Å². The number of carbonyl (C=O) groups is 2. The second-order valence-corrected chi connectivity index (χ2v) is 9.09. The molecule has 1 unspecified atom stereocenters. The summed E-state index contributed by atoms with van der Waals surface area (Å²) >= 11 is 0. The van der Waals surface area contributed by atoms with Crippen molar-refractivity contribution in [1.82, 2.24) is 10.1 Å². The molecule has 0 N–H and O–H groups in total. The molecule has 6 nitrogen and oxygen atoms in total. The molecule has 2 aliphatic heterocycles.